The lowest BCUT2D eigenvalue weighted by atomic mass is 10.0. The first-order valence-electron chi connectivity index (χ1n) is 6.09. The Morgan fingerprint density at radius 3 is 2.83 bits per heavy atom. The molecule has 0 atom stereocenters. The van der Waals surface area contributed by atoms with Gasteiger partial charge in [0.25, 0.3) is 5.56 Å². The van der Waals surface area contributed by atoms with E-state index in [9.17, 15) is 4.79 Å². The van der Waals surface area contributed by atoms with Gasteiger partial charge in [0.05, 0.1) is 12.0 Å². The predicted octanol–water partition coefficient (Wildman–Crippen LogP) is 3.45. The molecule has 94 valence electrons. The number of halogens is 1. The molecule has 0 spiro atoms. The van der Waals surface area contributed by atoms with Crippen molar-refractivity contribution in [2.75, 3.05) is 0 Å². The van der Waals surface area contributed by atoms with Crippen molar-refractivity contribution in [3.8, 4) is 11.6 Å². The van der Waals surface area contributed by atoms with Crippen molar-refractivity contribution < 1.29 is 4.42 Å². The third-order valence-electron chi connectivity index (χ3n) is 3.38. The molecule has 1 fully saturated rings. The van der Waals surface area contributed by atoms with E-state index in [0.717, 1.165) is 18.5 Å². The molecule has 1 aliphatic carbocycles. The van der Waals surface area contributed by atoms with E-state index in [1.54, 1.807) is 18.4 Å². The van der Waals surface area contributed by atoms with Crippen molar-refractivity contribution in [1.29, 1.82) is 0 Å². The van der Waals surface area contributed by atoms with E-state index in [2.05, 4.69) is 25.9 Å². The molecule has 1 N–H and O–H groups in total. The summed E-state index contributed by atoms with van der Waals surface area (Å²) in [5, 5.41) is 0. The first-order valence-corrected chi connectivity index (χ1v) is 6.88. The second-order valence-electron chi connectivity index (χ2n) is 4.57. The van der Waals surface area contributed by atoms with Crippen LogP contribution in [-0.4, -0.2) is 9.97 Å². The van der Waals surface area contributed by atoms with Crippen LogP contribution in [0.1, 0.15) is 37.3 Å². The number of furan rings is 1. The summed E-state index contributed by atoms with van der Waals surface area (Å²) in [5.41, 5.74) is 0.723. The summed E-state index contributed by atoms with van der Waals surface area (Å²) < 4.78 is 5.84. The first-order chi connectivity index (χ1) is 8.75. The minimum Gasteiger partial charge on any atom is -0.461 e. The fourth-order valence-corrected chi connectivity index (χ4v) is 2.99. The molecule has 3 rings (SSSR count). The molecule has 0 aliphatic heterocycles. The summed E-state index contributed by atoms with van der Waals surface area (Å²) in [5.74, 6) is 1.49. The molecule has 2 aromatic rings. The van der Waals surface area contributed by atoms with Gasteiger partial charge in [0.15, 0.2) is 11.6 Å². The number of nitrogens with one attached hydrogen (secondary N) is 1. The van der Waals surface area contributed by atoms with Crippen molar-refractivity contribution in [2.24, 2.45) is 0 Å². The summed E-state index contributed by atoms with van der Waals surface area (Å²) >= 11 is 3.35. The van der Waals surface area contributed by atoms with Crippen LogP contribution in [0.25, 0.3) is 11.6 Å². The number of aromatic nitrogens is 2. The lowest BCUT2D eigenvalue weighted by Gasteiger charge is -2.11. The van der Waals surface area contributed by atoms with Gasteiger partial charge in [-0.25, -0.2) is 4.98 Å². The molecule has 1 aliphatic rings. The van der Waals surface area contributed by atoms with Crippen LogP contribution in [0.3, 0.4) is 0 Å². The molecule has 2 heterocycles. The topological polar surface area (TPSA) is 58.9 Å². The number of H-pyrrole nitrogens is 1. The van der Waals surface area contributed by atoms with Crippen LogP contribution in [0, 0.1) is 0 Å². The van der Waals surface area contributed by atoms with E-state index in [0.29, 0.717) is 22.0 Å². The van der Waals surface area contributed by atoms with Gasteiger partial charge in [0.2, 0.25) is 0 Å². The smallest absolute Gasteiger partial charge is 0.265 e. The van der Waals surface area contributed by atoms with E-state index < -0.39 is 0 Å². The maximum atomic E-state index is 11.9. The molecule has 0 amide bonds. The third-order valence-corrected chi connectivity index (χ3v) is 4.15. The van der Waals surface area contributed by atoms with Gasteiger partial charge < -0.3 is 9.40 Å². The number of hydrogen-bond donors (Lipinski definition) is 1. The van der Waals surface area contributed by atoms with E-state index in [1.165, 1.54) is 12.8 Å². The van der Waals surface area contributed by atoms with Gasteiger partial charge in [-0.05, 0) is 40.9 Å². The molecule has 0 unspecified atom stereocenters. The van der Waals surface area contributed by atoms with E-state index >= 15 is 0 Å². The van der Waals surface area contributed by atoms with Crippen LogP contribution in [0.2, 0.25) is 0 Å². The van der Waals surface area contributed by atoms with Crippen molar-refractivity contribution in [3.63, 3.8) is 0 Å². The van der Waals surface area contributed by atoms with Crippen LogP contribution in [0.4, 0.5) is 0 Å². The molecule has 5 heteroatoms. The lowest BCUT2D eigenvalue weighted by molar-refractivity contribution is 0.574. The third kappa shape index (κ3) is 2.03. The summed E-state index contributed by atoms with van der Waals surface area (Å²) in [6, 6.07) is 3.58. The van der Waals surface area contributed by atoms with Gasteiger partial charge in [0, 0.05) is 5.92 Å². The normalized spacial score (nSPS) is 16.3. The van der Waals surface area contributed by atoms with Gasteiger partial charge in [0.1, 0.15) is 4.47 Å². The summed E-state index contributed by atoms with van der Waals surface area (Å²) in [6.45, 7) is 0. The lowest BCUT2D eigenvalue weighted by Crippen LogP contribution is -2.15. The van der Waals surface area contributed by atoms with E-state index in [-0.39, 0.29) is 5.56 Å². The molecule has 0 bridgehead atoms. The monoisotopic (exact) mass is 308 g/mol. The molecule has 2 aromatic heterocycles. The maximum Gasteiger partial charge on any atom is 0.265 e. The van der Waals surface area contributed by atoms with Crippen molar-refractivity contribution in [2.45, 2.75) is 31.6 Å². The SMILES string of the molecule is O=c1[nH]c(-c2ccco2)nc(C2CCCC2)c1Br. The van der Waals surface area contributed by atoms with Gasteiger partial charge in [-0.2, -0.15) is 0 Å². The highest BCUT2D eigenvalue weighted by Crippen LogP contribution is 2.35. The molecule has 0 saturated heterocycles. The van der Waals surface area contributed by atoms with Gasteiger partial charge in [-0.15, -0.1) is 0 Å². The summed E-state index contributed by atoms with van der Waals surface area (Å²) in [7, 11) is 0. The standard InChI is InChI=1S/C13H13BrN2O2/c14-10-11(8-4-1-2-5-8)15-12(16-13(10)17)9-6-3-7-18-9/h3,6-8H,1-2,4-5H2,(H,15,16,17). The second kappa shape index (κ2) is 4.72. The quantitative estimate of drug-likeness (QED) is 0.924. The van der Waals surface area contributed by atoms with Crippen molar-refractivity contribution in [1.82, 2.24) is 9.97 Å². The molecular formula is C13H13BrN2O2. The predicted molar refractivity (Wildman–Crippen MR) is 71.5 cm³/mol. The van der Waals surface area contributed by atoms with Crippen LogP contribution in [0.5, 0.6) is 0 Å². The average Bonchev–Trinajstić information content (AvgIpc) is 3.03. The van der Waals surface area contributed by atoms with Gasteiger partial charge in [-0.1, -0.05) is 12.8 Å². The number of aromatic amines is 1. The minimum absolute atomic E-state index is 0.140. The Labute approximate surface area is 113 Å². The Bertz CT molecular complexity index is 598. The van der Waals surface area contributed by atoms with E-state index in [4.69, 9.17) is 4.42 Å². The largest absolute Gasteiger partial charge is 0.461 e. The van der Waals surface area contributed by atoms with Crippen LogP contribution in [-0.2, 0) is 0 Å². The number of hydrogen-bond acceptors (Lipinski definition) is 3. The fourth-order valence-electron chi connectivity index (χ4n) is 2.48. The number of rotatable bonds is 2. The van der Waals surface area contributed by atoms with Crippen LogP contribution < -0.4 is 5.56 Å². The minimum atomic E-state index is -0.140. The molecule has 1 saturated carbocycles. The molecule has 4 nitrogen and oxygen atoms in total. The van der Waals surface area contributed by atoms with Crippen LogP contribution >= 0.6 is 15.9 Å². The highest BCUT2D eigenvalue weighted by atomic mass is 79.9. The Kier molecular flexibility index (Phi) is 3.07. The zero-order chi connectivity index (χ0) is 12.5. The molecular weight excluding hydrogens is 296 g/mol. The molecule has 18 heavy (non-hydrogen) atoms. The zero-order valence-electron chi connectivity index (χ0n) is 9.78. The Balaban J connectivity index is 2.10. The fraction of sp³-hybridized carbons (Fsp3) is 0.385. The average molecular weight is 309 g/mol. The highest BCUT2D eigenvalue weighted by Gasteiger charge is 2.23. The van der Waals surface area contributed by atoms with Gasteiger partial charge in [-0.3, -0.25) is 4.79 Å². The zero-order valence-corrected chi connectivity index (χ0v) is 11.4. The van der Waals surface area contributed by atoms with Crippen LogP contribution in [0.15, 0.2) is 32.1 Å². The highest BCUT2D eigenvalue weighted by molar-refractivity contribution is 9.10. The maximum absolute atomic E-state index is 11.9. The summed E-state index contributed by atoms with van der Waals surface area (Å²) in [4.78, 5) is 19.2. The summed E-state index contributed by atoms with van der Waals surface area (Å²) in [6.07, 6.45) is 6.20. The Hall–Kier alpha value is -1.36. The van der Waals surface area contributed by atoms with E-state index in [1.807, 2.05) is 0 Å². The first kappa shape index (κ1) is 11.7. The molecule has 0 aromatic carbocycles. The number of nitrogens with zero attached hydrogens (tertiary/aromatic N) is 1. The molecule has 0 radical (unpaired) electrons. The second-order valence-corrected chi connectivity index (χ2v) is 5.37. The Morgan fingerprint density at radius 2 is 2.17 bits per heavy atom. The van der Waals surface area contributed by atoms with Crippen molar-refractivity contribution >= 4 is 15.9 Å². The van der Waals surface area contributed by atoms with Crippen molar-refractivity contribution in [3.05, 3.63) is 38.9 Å². The van der Waals surface area contributed by atoms with Gasteiger partial charge >= 0.3 is 0 Å². The Morgan fingerprint density at radius 1 is 1.39 bits per heavy atom.